The van der Waals surface area contributed by atoms with Crippen LogP contribution in [0.4, 0.5) is 0 Å². The zero-order chi connectivity index (χ0) is 8.39. The minimum atomic E-state index is 0.453. The van der Waals surface area contributed by atoms with Crippen molar-refractivity contribution in [2.75, 3.05) is 0 Å². The molecule has 0 aromatic carbocycles. The third kappa shape index (κ3) is 1.35. The molecule has 0 aliphatic heterocycles. The third-order valence-corrected chi connectivity index (χ3v) is 1.65. The highest BCUT2D eigenvalue weighted by atomic mass is 79.9. The van der Waals surface area contributed by atoms with E-state index in [1.807, 2.05) is 0 Å². The van der Waals surface area contributed by atoms with Crippen molar-refractivity contribution >= 4 is 15.9 Å². The summed E-state index contributed by atoms with van der Waals surface area (Å²) < 4.78 is 5.37. The van der Waals surface area contributed by atoms with Crippen LogP contribution in [0.15, 0.2) is 33.8 Å². The largest absolute Gasteiger partial charge is 0.333 e. The SMILES string of the molecule is Brc1noc(-c2ccncc2)n1. The van der Waals surface area contributed by atoms with Gasteiger partial charge in [0.25, 0.3) is 5.89 Å². The summed E-state index contributed by atoms with van der Waals surface area (Å²) in [6.07, 6.45) is 3.35. The molecule has 0 saturated carbocycles. The van der Waals surface area contributed by atoms with Gasteiger partial charge in [-0.1, -0.05) is 0 Å². The van der Waals surface area contributed by atoms with Crippen molar-refractivity contribution in [1.82, 2.24) is 15.1 Å². The fraction of sp³-hybridized carbons (Fsp3) is 0. The average Bonchev–Trinajstić information content (AvgIpc) is 2.54. The van der Waals surface area contributed by atoms with Gasteiger partial charge in [0.1, 0.15) is 0 Å². The molecule has 0 bridgehead atoms. The number of hydrogen-bond donors (Lipinski definition) is 0. The molecular formula is C7H4BrN3O. The van der Waals surface area contributed by atoms with E-state index in [2.05, 4.69) is 31.1 Å². The van der Waals surface area contributed by atoms with Gasteiger partial charge in [0.15, 0.2) is 0 Å². The van der Waals surface area contributed by atoms with Crippen LogP contribution < -0.4 is 0 Å². The molecule has 0 fully saturated rings. The zero-order valence-electron chi connectivity index (χ0n) is 5.94. The van der Waals surface area contributed by atoms with Crippen LogP contribution in [0.5, 0.6) is 0 Å². The van der Waals surface area contributed by atoms with Crippen molar-refractivity contribution in [2.45, 2.75) is 0 Å². The number of rotatable bonds is 1. The molecule has 0 aliphatic rings. The number of nitrogens with zero attached hydrogens (tertiary/aromatic N) is 3. The van der Waals surface area contributed by atoms with Crippen LogP contribution in [0.1, 0.15) is 0 Å². The van der Waals surface area contributed by atoms with Crippen molar-refractivity contribution in [3.05, 3.63) is 29.3 Å². The molecule has 2 aromatic rings. The van der Waals surface area contributed by atoms with Crippen LogP contribution in [0.3, 0.4) is 0 Å². The van der Waals surface area contributed by atoms with Gasteiger partial charge in [-0.05, 0) is 33.2 Å². The molecule has 0 amide bonds. The summed E-state index contributed by atoms with van der Waals surface area (Å²) in [5, 5.41) is 3.60. The standard InChI is InChI=1S/C7H4BrN3O/c8-7-10-6(12-11-7)5-1-3-9-4-2-5/h1-4H. The van der Waals surface area contributed by atoms with E-state index < -0.39 is 0 Å². The Bertz CT molecular complexity index is 373. The number of hydrogen-bond acceptors (Lipinski definition) is 4. The van der Waals surface area contributed by atoms with E-state index in [1.165, 1.54) is 0 Å². The normalized spacial score (nSPS) is 10.1. The fourth-order valence-electron chi connectivity index (χ4n) is 0.817. The van der Waals surface area contributed by atoms with Gasteiger partial charge >= 0.3 is 0 Å². The van der Waals surface area contributed by atoms with Gasteiger partial charge in [-0.25, -0.2) is 0 Å². The Morgan fingerprint density at radius 3 is 2.58 bits per heavy atom. The lowest BCUT2D eigenvalue weighted by Crippen LogP contribution is -1.76. The first-order valence-electron chi connectivity index (χ1n) is 3.26. The topological polar surface area (TPSA) is 51.8 Å². The fourth-order valence-corrected chi connectivity index (χ4v) is 1.05. The maximum absolute atomic E-state index is 4.91. The summed E-state index contributed by atoms with van der Waals surface area (Å²) in [6, 6.07) is 3.61. The minimum absolute atomic E-state index is 0.453. The highest BCUT2D eigenvalue weighted by Gasteiger charge is 2.04. The quantitative estimate of drug-likeness (QED) is 0.744. The number of aromatic nitrogens is 3. The molecule has 0 radical (unpaired) electrons. The lowest BCUT2D eigenvalue weighted by molar-refractivity contribution is 0.426. The monoisotopic (exact) mass is 225 g/mol. The van der Waals surface area contributed by atoms with Crippen molar-refractivity contribution in [1.29, 1.82) is 0 Å². The molecule has 2 heterocycles. The maximum Gasteiger partial charge on any atom is 0.258 e. The van der Waals surface area contributed by atoms with Gasteiger partial charge in [-0.3, -0.25) is 4.98 Å². The first-order chi connectivity index (χ1) is 5.86. The Morgan fingerprint density at radius 1 is 1.25 bits per heavy atom. The van der Waals surface area contributed by atoms with Gasteiger partial charge in [0.05, 0.1) is 0 Å². The van der Waals surface area contributed by atoms with Crippen molar-refractivity contribution in [2.24, 2.45) is 0 Å². The summed E-state index contributed by atoms with van der Waals surface area (Å²) in [5.41, 5.74) is 0.864. The van der Waals surface area contributed by atoms with Crippen LogP contribution >= 0.6 is 15.9 Å². The first kappa shape index (κ1) is 7.42. The van der Waals surface area contributed by atoms with Gasteiger partial charge in [0.2, 0.25) is 4.73 Å². The Hall–Kier alpha value is -1.23. The molecule has 0 saturated heterocycles. The molecule has 2 rings (SSSR count). The highest BCUT2D eigenvalue weighted by molar-refractivity contribution is 9.10. The lowest BCUT2D eigenvalue weighted by Gasteiger charge is -1.89. The van der Waals surface area contributed by atoms with E-state index in [0.717, 1.165) is 5.56 Å². The smallest absolute Gasteiger partial charge is 0.258 e. The molecule has 0 atom stereocenters. The summed E-state index contributed by atoms with van der Waals surface area (Å²) in [7, 11) is 0. The predicted molar refractivity (Wildman–Crippen MR) is 45.2 cm³/mol. The van der Waals surface area contributed by atoms with Crippen LogP contribution in [-0.4, -0.2) is 15.1 Å². The van der Waals surface area contributed by atoms with E-state index in [4.69, 9.17) is 4.52 Å². The van der Waals surface area contributed by atoms with Crippen molar-refractivity contribution in [3.8, 4) is 11.5 Å². The molecule has 0 N–H and O–H groups in total. The number of halogens is 1. The van der Waals surface area contributed by atoms with Gasteiger partial charge in [-0.15, -0.1) is 0 Å². The molecular weight excluding hydrogens is 222 g/mol. The molecule has 0 spiro atoms. The molecule has 0 unspecified atom stereocenters. The van der Waals surface area contributed by atoms with Crippen LogP contribution in [0, 0.1) is 0 Å². The Kier molecular flexibility index (Phi) is 1.87. The van der Waals surface area contributed by atoms with E-state index in [9.17, 15) is 0 Å². The Morgan fingerprint density at radius 2 is 2.00 bits per heavy atom. The molecule has 12 heavy (non-hydrogen) atoms. The molecule has 4 nitrogen and oxygen atoms in total. The Labute approximate surface area is 76.8 Å². The highest BCUT2D eigenvalue weighted by Crippen LogP contribution is 2.16. The summed E-state index contributed by atoms with van der Waals surface area (Å²) in [4.78, 5) is 7.87. The Balaban J connectivity index is 2.45. The van der Waals surface area contributed by atoms with Gasteiger partial charge in [-0.2, -0.15) is 4.98 Å². The van der Waals surface area contributed by atoms with E-state index >= 15 is 0 Å². The van der Waals surface area contributed by atoms with Crippen LogP contribution in [0.25, 0.3) is 11.5 Å². The first-order valence-corrected chi connectivity index (χ1v) is 4.05. The van der Waals surface area contributed by atoms with Crippen LogP contribution in [0.2, 0.25) is 0 Å². The van der Waals surface area contributed by atoms with E-state index in [-0.39, 0.29) is 0 Å². The van der Waals surface area contributed by atoms with Crippen molar-refractivity contribution in [3.63, 3.8) is 0 Å². The third-order valence-electron chi connectivity index (χ3n) is 1.33. The second kappa shape index (κ2) is 3.02. The molecule has 5 heteroatoms. The molecule has 2 aromatic heterocycles. The lowest BCUT2D eigenvalue weighted by atomic mass is 10.3. The average molecular weight is 226 g/mol. The van der Waals surface area contributed by atoms with Crippen LogP contribution in [-0.2, 0) is 0 Å². The summed E-state index contributed by atoms with van der Waals surface area (Å²) in [5.74, 6) is 0.490. The minimum Gasteiger partial charge on any atom is -0.333 e. The van der Waals surface area contributed by atoms with Crippen molar-refractivity contribution < 1.29 is 4.52 Å². The predicted octanol–water partition coefficient (Wildman–Crippen LogP) is 1.89. The van der Waals surface area contributed by atoms with E-state index in [1.54, 1.807) is 24.5 Å². The molecule has 0 aliphatic carbocycles. The summed E-state index contributed by atoms with van der Waals surface area (Å²) in [6.45, 7) is 0. The van der Waals surface area contributed by atoms with E-state index in [0.29, 0.717) is 10.6 Å². The molecule has 60 valence electrons. The van der Waals surface area contributed by atoms with Gasteiger partial charge in [0, 0.05) is 18.0 Å². The number of pyridine rings is 1. The second-order valence-corrected chi connectivity index (χ2v) is 2.81. The summed E-state index contributed by atoms with van der Waals surface area (Å²) >= 11 is 3.10. The second-order valence-electron chi connectivity index (χ2n) is 2.10. The van der Waals surface area contributed by atoms with Gasteiger partial charge < -0.3 is 4.52 Å². The zero-order valence-corrected chi connectivity index (χ0v) is 7.52. The maximum atomic E-state index is 4.91.